The molecular weight excluding hydrogens is 743 g/mol. The lowest BCUT2D eigenvalue weighted by Crippen LogP contribution is -2.17. The number of nitrogens with zero attached hydrogens (tertiary/aromatic N) is 2. The van der Waals surface area contributed by atoms with Crippen LogP contribution >= 0.6 is 49.9 Å². The molecule has 0 fully saturated rings. The Kier molecular flexibility index (Phi) is 9.85. The van der Waals surface area contributed by atoms with Crippen LogP contribution in [0, 0.1) is 10.5 Å². The molecule has 43 heavy (non-hydrogen) atoms. The smallest absolute Gasteiger partial charge is 0.335 e. The van der Waals surface area contributed by atoms with E-state index in [1.807, 2.05) is 60.8 Å². The van der Waals surface area contributed by atoms with Crippen LogP contribution < -0.4 is 15.5 Å². The van der Waals surface area contributed by atoms with E-state index < -0.39 is 5.97 Å². The number of carboxylic acid groups (broad SMARTS) is 1. The molecule has 0 aliphatic heterocycles. The highest BCUT2D eigenvalue weighted by molar-refractivity contribution is 14.1. The number of carboxylic acids is 1. The number of aromatic carboxylic acids is 1. The molecule has 4 aromatic carbocycles. The summed E-state index contributed by atoms with van der Waals surface area (Å²) in [5.74, 6) is -0.642. The second kappa shape index (κ2) is 13.9. The van der Waals surface area contributed by atoms with Crippen molar-refractivity contribution in [3.8, 4) is 17.0 Å². The largest absolute Gasteiger partial charge is 0.487 e. The predicted octanol–water partition coefficient (Wildman–Crippen LogP) is 8.27. The number of carbonyl (C=O) groups is 2. The number of halogens is 2. The SMILES string of the molecule is Cc1ccc(Nc2nc(-c3ccc(C(=O)N/N=C\c4cc(Br)c(OCc5ccc(C(=O)O)cc5)c(I)c4)cc3)cs2)cc1. The van der Waals surface area contributed by atoms with Gasteiger partial charge in [0.15, 0.2) is 5.13 Å². The summed E-state index contributed by atoms with van der Waals surface area (Å²) < 4.78 is 7.53. The van der Waals surface area contributed by atoms with Crippen molar-refractivity contribution in [2.24, 2.45) is 5.10 Å². The van der Waals surface area contributed by atoms with Gasteiger partial charge in [-0.3, -0.25) is 4.79 Å². The maximum absolute atomic E-state index is 12.7. The summed E-state index contributed by atoms with van der Waals surface area (Å²) in [6, 6.07) is 25.6. The molecule has 8 nitrogen and oxygen atoms in total. The van der Waals surface area contributed by atoms with Crippen LogP contribution in [-0.4, -0.2) is 28.2 Å². The lowest BCUT2D eigenvalue weighted by Gasteiger charge is -2.11. The number of thiazole rings is 1. The Morgan fingerprint density at radius 3 is 2.40 bits per heavy atom. The van der Waals surface area contributed by atoms with Gasteiger partial charge in [-0.1, -0.05) is 42.0 Å². The van der Waals surface area contributed by atoms with Crippen LogP contribution in [0.5, 0.6) is 5.75 Å². The van der Waals surface area contributed by atoms with E-state index in [1.165, 1.54) is 16.9 Å². The number of aryl methyl sites for hydroxylation is 1. The van der Waals surface area contributed by atoms with Crippen molar-refractivity contribution in [3.05, 3.63) is 126 Å². The molecule has 1 aromatic heterocycles. The van der Waals surface area contributed by atoms with Crippen molar-refractivity contribution in [3.63, 3.8) is 0 Å². The predicted molar refractivity (Wildman–Crippen MR) is 182 cm³/mol. The number of carbonyl (C=O) groups excluding carboxylic acids is 1. The average Bonchev–Trinajstić information content (AvgIpc) is 3.46. The molecule has 5 aromatic rings. The van der Waals surface area contributed by atoms with Gasteiger partial charge in [0, 0.05) is 22.2 Å². The zero-order valence-electron chi connectivity index (χ0n) is 22.7. The van der Waals surface area contributed by atoms with Gasteiger partial charge in [-0.2, -0.15) is 5.10 Å². The van der Waals surface area contributed by atoms with Crippen LogP contribution in [0.15, 0.2) is 99.9 Å². The van der Waals surface area contributed by atoms with Gasteiger partial charge in [0.2, 0.25) is 0 Å². The summed E-state index contributed by atoms with van der Waals surface area (Å²) in [6.07, 6.45) is 1.56. The van der Waals surface area contributed by atoms with Gasteiger partial charge in [0.25, 0.3) is 5.91 Å². The third kappa shape index (κ3) is 8.06. The molecule has 0 spiro atoms. The molecule has 3 N–H and O–H groups in total. The van der Waals surface area contributed by atoms with E-state index in [1.54, 1.807) is 42.6 Å². The first-order valence-corrected chi connectivity index (χ1v) is 15.7. The highest BCUT2D eigenvalue weighted by atomic mass is 127. The van der Waals surface area contributed by atoms with E-state index in [0.29, 0.717) is 11.3 Å². The molecule has 0 saturated carbocycles. The molecule has 0 atom stereocenters. The van der Waals surface area contributed by atoms with Crippen LogP contribution in [0.25, 0.3) is 11.3 Å². The standard InChI is InChI=1S/C32H24BrIN4O4S/c1-19-2-12-25(13-3-19)36-32-37-28(18-43-32)22-8-10-23(11-9-22)30(39)38-35-16-21-14-26(33)29(27(34)15-21)42-17-20-4-6-24(7-5-20)31(40)41/h2-16,18H,17H2,1H3,(H,36,37)(H,38,39)(H,40,41)/b35-16-. The first-order chi connectivity index (χ1) is 20.7. The molecule has 5 rings (SSSR count). The average molecular weight is 767 g/mol. The highest BCUT2D eigenvalue weighted by Gasteiger charge is 2.11. The first kappa shape index (κ1) is 30.4. The number of nitrogens with one attached hydrogen (secondary N) is 2. The number of hydrogen-bond donors (Lipinski definition) is 3. The Morgan fingerprint density at radius 2 is 1.72 bits per heavy atom. The molecule has 0 aliphatic carbocycles. The Morgan fingerprint density at radius 1 is 1.02 bits per heavy atom. The molecule has 0 aliphatic rings. The van der Waals surface area contributed by atoms with Crippen LogP contribution in [0.1, 0.15) is 37.4 Å². The monoisotopic (exact) mass is 766 g/mol. The van der Waals surface area contributed by atoms with Crippen LogP contribution in [0.3, 0.4) is 0 Å². The molecule has 216 valence electrons. The normalized spacial score (nSPS) is 11.0. The second-order valence-corrected chi connectivity index (χ2v) is 12.3. The van der Waals surface area contributed by atoms with Crippen molar-refractivity contribution in [1.29, 1.82) is 0 Å². The van der Waals surface area contributed by atoms with E-state index in [9.17, 15) is 9.59 Å². The summed E-state index contributed by atoms with van der Waals surface area (Å²) in [6.45, 7) is 2.33. The van der Waals surface area contributed by atoms with Gasteiger partial charge in [-0.25, -0.2) is 15.2 Å². The number of aromatic nitrogens is 1. The summed E-state index contributed by atoms with van der Waals surface area (Å²) in [5, 5.41) is 19.3. The number of hydrogen-bond acceptors (Lipinski definition) is 7. The van der Waals surface area contributed by atoms with Crippen LogP contribution in [0.4, 0.5) is 10.8 Å². The van der Waals surface area contributed by atoms with Crippen LogP contribution in [-0.2, 0) is 6.61 Å². The van der Waals surface area contributed by atoms with Gasteiger partial charge in [-0.15, -0.1) is 11.3 Å². The van der Waals surface area contributed by atoms with Gasteiger partial charge in [0.1, 0.15) is 12.4 Å². The third-order valence-electron chi connectivity index (χ3n) is 6.23. The van der Waals surface area contributed by atoms with Crippen molar-refractivity contribution in [2.75, 3.05) is 5.32 Å². The van der Waals surface area contributed by atoms with Gasteiger partial charge < -0.3 is 15.2 Å². The number of rotatable bonds is 10. The number of hydrazone groups is 1. The maximum atomic E-state index is 12.7. The Labute approximate surface area is 274 Å². The molecule has 0 radical (unpaired) electrons. The molecule has 0 bridgehead atoms. The molecule has 0 unspecified atom stereocenters. The molecular formula is C32H24BrIN4O4S. The fourth-order valence-corrected chi connectivity index (χ4v) is 6.45. The molecule has 1 amide bonds. The summed E-state index contributed by atoms with van der Waals surface area (Å²) in [7, 11) is 0. The topological polar surface area (TPSA) is 113 Å². The fourth-order valence-electron chi connectivity index (χ4n) is 3.94. The zero-order valence-corrected chi connectivity index (χ0v) is 27.2. The highest BCUT2D eigenvalue weighted by Crippen LogP contribution is 2.32. The Bertz CT molecular complexity index is 1770. The van der Waals surface area contributed by atoms with Gasteiger partial charge in [0.05, 0.1) is 25.5 Å². The lowest BCUT2D eigenvalue weighted by molar-refractivity contribution is 0.0696. The summed E-state index contributed by atoms with van der Waals surface area (Å²) in [4.78, 5) is 28.4. The fraction of sp³-hybridized carbons (Fsp3) is 0.0625. The van der Waals surface area contributed by atoms with E-state index in [-0.39, 0.29) is 18.1 Å². The third-order valence-corrected chi connectivity index (χ3v) is 8.38. The zero-order chi connectivity index (χ0) is 30.3. The minimum absolute atomic E-state index is 0.226. The maximum Gasteiger partial charge on any atom is 0.335 e. The quantitative estimate of drug-likeness (QED) is 0.0750. The Balaban J connectivity index is 1.15. The minimum Gasteiger partial charge on any atom is -0.487 e. The summed E-state index contributed by atoms with van der Waals surface area (Å²) in [5.41, 5.74) is 8.80. The van der Waals surface area contributed by atoms with Crippen molar-refractivity contribution < 1.29 is 19.4 Å². The van der Waals surface area contributed by atoms with E-state index >= 15 is 0 Å². The molecule has 11 heteroatoms. The number of amides is 1. The summed E-state index contributed by atoms with van der Waals surface area (Å²) >= 11 is 7.23. The van der Waals surface area contributed by atoms with E-state index in [4.69, 9.17) is 9.84 Å². The van der Waals surface area contributed by atoms with Gasteiger partial charge >= 0.3 is 5.97 Å². The molecule has 0 saturated heterocycles. The number of anilines is 2. The van der Waals surface area contributed by atoms with Gasteiger partial charge in [-0.05, 0) is 105 Å². The first-order valence-electron chi connectivity index (χ1n) is 12.9. The van der Waals surface area contributed by atoms with E-state index in [2.05, 4.69) is 59.3 Å². The molecule has 1 heterocycles. The Hall–Kier alpha value is -4.07. The number of ether oxygens (including phenoxy) is 1. The van der Waals surface area contributed by atoms with Crippen LogP contribution in [0.2, 0.25) is 0 Å². The second-order valence-electron chi connectivity index (χ2n) is 9.41. The number of benzene rings is 4. The van der Waals surface area contributed by atoms with Crippen molar-refractivity contribution >= 4 is 78.8 Å². The van der Waals surface area contributed by atoms with E-state index in [0.717, 1.165) is 41.2 Å². The van der Waals surface area contributed by atoms with Crippen molar-refractivity contribution in [1.82, 2.24) is 10.4 Å². The van der Waals surface area contributed by atoms with Crippen molar-refractivity contribution in [2.45, 2.75) is 13.5 Å². The minimum atomic E-state index is -0.968. The lowest BCUT2D eigenvalue weighted by atomic mass is 10.1.